The van der Waals surface area contributed by atoms with Crippen molar-refractivity contribution < 1.29 is 13.2 Å². The first-order valence-electron chi connectivity index (χ1n) is 6.64. The number of nitrogens with one attached hydrogen (secondary N) is 1. The molecular weight excluding hydrogens is 343 g/mol. The van der Waals surface area contributed by atoms with Crippen LogP contribution in [0.2, 0.25) is 0 Å². The highest BCUT2D eigenvalue weighted by Gasteiger charge is 2.19. The van der Waals surface area contributed by atoms with E-state index in [1.165, 1.54) is 18.2 Å². The van der Waals surface area contributed by atoms with Crippen molar-refractivity contribution in [1.82, 2.24) is 5.32 Å². The van der Waals surface area contributed by atoms with Crippen LogP contribution in [0.15, 0.2) is 40.9 Å². The minimum atomic E-state index is -0.908. The smallest absolute Gasteiger partial charge is 0.173 e. The lowest BCUT2D eigenvalue weighted by Crippen LogP contribution is -2.23. The normalized spacial score (nSPS) is 12.4. The average molecular weight is 358 g/mol. The molecule has 0 aliphatic rings. The number of likely N-dealkylation sites (N-methyl/N-ethyl adjacent to an activating group) is 1. The Labute approximate surface area is 130 Å². The molecule has 2 aromatic rings. The summed E-state index contributed by atoms with van der Waals surface area (Å²) < 4.78 is 40.3. The highest BCUT2D eigenvalue weighted by atomic mass is 79.9. The van der Waals surface area contributed by atoms with Crippen LogP contribution in [-0.4, -0.2) is 6.54 Å². The molecule has 5 heteroatoms. The van der Waals surface area contributed by atoms with E-state index in [9.17, 15) is 13.2 Å². The SMILES string of the molecule is CCNC(Cc1cccc(F)c1)c1ccc(F)c(F)c1Br. The second-order valence-electron chi connectivity index (χ2n) is 4.71. The highest BCUT2D eigenvalue weighted by molar-refractivity contribution is 9.10. The second-order valence-corrected chi connectivity index (χ2v) is 5.50. The zero-order chi connectivity index (χ0) is 15.4. The monoisotopic (exact) mass is 357 g/mol. The van der Waals surface area contributed by atoms with E-state index >= 15 is 0 Å². The third-order valence-corrected chi connectivity index (χ3v) is 4.03. The standard InChI is InChI=1S/C16H15BrF3N/c1-2-21-14(9-10-4-3-5-11(18)8-10)12-6-7-13(19)16(20)15(12)17/h3-8,14,21H,2,9H2,1H3. The minimum absolute atomic E-state index is 0.102. The molecule has 1 unspecified atom stereocenters. The molecule has 2 rings (SSSR count). The van der Waals surface area contributed by atoms with Gasteiger partial charge in [-0.05, 0) is 58.2 Å². The Hall–Kier alpha value is -1.33. The molecule has 0 spiro atoms. The average Bonchev–Trinajstić information content (AvgIpc) is 2.45. The number of hydrogen-bond donors (Lipinski definition) is 1. The van der Waals surface area contributed by atoms with E-state index in [0.29, 0.717) is 18.5 Å². The van der Waals surface area contributed by atoms with Crippen LogP contribution in [0.3, 0.4) is 0 Å². The van der Waals surface area contributed by atoms with Gasteiger partial charge in [0.1, 0.15) is 5.82 Å². The number of hydrogen-bond acceptors (Lipinski definition) is 1. The number of rotatable bonds is 5. The van der Waals surface area contributed by atoms with Gasteiger partial charge in [0.15, 0.2) is 11.6 Å². The van der Waals surface area contributed by atoms with Crippen LogP contribution in [0.1, 0.15) is 24.1 Å². The van der Waals surface area contributed by atoms with Crippen molar-refractivity contribution in [2.24, 2.45) is 0 Å². The third-order valence-electron chi connectivity index (χ3n) is 3.22. The molecule has 0 saturated heterocycles. The molecule has 1 N–H and O–H groups in total. The molecule has 0 aliphatic carbocycles. The topological polar surface area (TPSA) is 12.0 Å². The van der Waals surface area contributed by atoms with Gasteiger partial charge >= 0.3 is 0 Å². The molecule has 0 aromatic heterocycles. The molecule has 21 heavy (non-hydrogen) atoms. The number of benzene rings is 2. The lowest BCUT2D eigenvalue weighted by atomic mass is 9.98. The van der Waals surface area contributed by atoms with E-state index in [2.05, 4.69) is 21.2 Å². The van der Waals surface area contributed by atoms with Gasteiger partial charge in [0.2, 0.25) is 0 Å². The van der Waals surface area contributed by atoms with Crippen molar-refractivity contribution >= 4 is 15.9 Å². The lowest BCUT2D eigenvalue weighted by molar-refractivity contribution is 0.491. The van der Waals surface area contributed by atoms with E-state index in [1.807, 2.05) is 6.92 Å². The summed E-state index contributed by atoms with van der Waals surface area (Å²) in [5, 5.41) is 3.21. The van der Waals surface area contributed by atoms with Gasteiger partial charge in [0, 0.05) is 6.04 Å². The Morgan fingerprint density at radius 2 is 1.90 bits per heavy atom. The predicted molar refractivity (Wildman–Crippen MR) is 80.6 cm³/mol. The van der Waals surface area contributed by atoms with Crippen LogP contribution in [0.25, 0.3) is 0 Å². The summed E-state index contributed by atoms with van der Waals surface area (Å²) >= 11 is 3.10. The molecule has 2 aromatic carbocycles. The summed E-state index contributed by atoms with van der Waals surface area (Å²) in [6.45, 7) is 2.58. The first kappa shape index (κ1) is 16.0. The Morgan fingerprint density at radius 3 is 2.57 bits per heavy atom. The summed E-state index contributed by atoms with van der Waals surface area (Å²) in [6, 6.07) is 8.66. The van der Waals surface area contributed by atoms with Crippen LogP contribution in [-0.2, 0) is 6.42 Å². The van der Waals surface area contributed by atoms with Gasteiger partial charge in [-0.1, -0.05) is 25.1 Å². The van der Waals surface area contributed by atoms with Crippen LogP contribution in [0, 0.1) is 17.5 Å². The minimum Gasteiger partial charge on any atom is -0.310 e. The Bertz CT molecular complexity index is 631. The highest BCUT2D eigenvalue weighted by Crippen LogP contribution is 2.30. The fraction of sp³-hybridized carbons (Fsp3) is 0.250. The zero-order valence-electron chi connectivity index (χ0n) is 11.5. The van der Waals surface area contributed by atoms with Gasteiger partial charge in [0.05, 0.1) is 4.47 Å². The van der Waals surface area contributed by atoms with Gasteiger partial charge in [-0.3, -0.25) is 0 Å². The number of halogens is 4. The van der Waals surface area contributed by atoms with Crippen molar-refractivity contribution in [2.45, 2.75) is 19.4 Å². The quantitative estimate of drug-likeness (QED) is 0.760. The Balaban J connectivity index is 2.33. The fourth-order valence-corrected chi connectivity index (χ4v) is 2.85. The van der Waals surface area contributed by atoms with Crippen molar-refractivity contribution in [2.75, 3.05) is 6.54 Å². The molecule has 0 bridgehead atoms. The van der Waals surface area contributed by atoms with Crippen molar-refractivity contribution in [1.29, 1.82) is 0 Å². The fourth-order valence-electron chi connectivity index (χ4n) is 2.25. The largest absolute Gasteiger partial charge is 0.310 e. The van der Waals surface area contributed by atoms with Gasteiger partial charge in [-0.2, -0.15) is 0 Å². The summed E-state index contributed by atoms with van der Waals surface area (Å²) in [7, 11) is 0. The summed E-state index contributed by atoms with van der Waals surface area (Å²) in [6.07, 6.45) is 0.481. The zero-order valence-corrected chi connectivity index (χ0v) is 13.1. The van der Waals surface area contributed by atoms with Crippen molar-refractivity contribution in [3.05, 3.63) is 69.4 Å². The lowest BCUT2D eigenvalue weighted by Gasteiger charge is -2.20. The maximum absolute atomic E-state index is 13.7. The van der Waals surface area contributed by atoms with E-state index in [1.54, 1.807) is 12.1 Å². The molecule has 0 fully saturated rings. The molecule has 0 radical (unpaired) electrons. The van der Waals surface area contributed by atoms with Crippen LogP contribution >= 0.6 is 15.9 Å². The second kappa shape index (κ2) is 7.09. The van der Waals surface area contributed by atoms with Crippen LogP contribution in [0.4, 0.5) is 13.2 Å². The van der Waals surface area contributed by atoms with E-state index in [-0.39, 0.29) is 16.3 Å². The van der Waals surface area contributed by atoms with Gasteiger partial charge < -0.3 is 5.32 Å². The van der Waals surface area contributed by atoms with Gasteiger partial charge in [-0.25, -0.2) is 13.2 Å². The molecule has 112 valence electrons. The molecular formula is C16H15BrF3N. The van der Waals surface area contributed by atoms with Gasteiger partial charge in [-0.15, -0.1) is 0 Å². The molecule has 1 atom stereocenters. The maximum Gasteiger partial charge on any atom is 0.173 e. The van der Waals surface area contributed by atoms with E-state index < -0.39 is 11.6 Å². The van der Waals surface area contributed by atoms with Crippen LogP contribution in [0.5, 0.6) is 0 Å². The first-order valence-corrected chi connectivity index (χ1v) is 7.43. The molecule has 0 amide bonds. The third kappa shape index (κ3) is 3.86. The van der Waals surface area contributed by atoms with Crippen molar-refractivity contribution in [3.8, 4) is 0 Å². The maximum atomic E-state index is 13.7. The van der Waals surface area contributed by atoms with Gasteiger partial charge in [0.25, 0.3) is 0 Å². The Kier molecular flexibility index (Phi) is 5.42. The summed E-state index contributed by atoms with van der Waals surface area (Å²) in [5.41, 5.74) is 1.40. The molecule has 0 saturated carbocycles. The molecule has 1 nitrogen and oxygen atoms in total. The van der Waals surface area contributed by atoms with E-state index in [0.717, 1.165) is 11.6 Å². The van der Waals surface area contributed by atoms with E-state index in [4.69, 9.17) is 0 Å². The Morgan fingerprint density at radius 1 is 1.14 bits per heavy atom. The van der Waals surface area contributed by atoms with Crippen LogP contribution < -0.4 is 5.32 Å². The summed E-state index contributed by atoms with van der Waals surface area (Å²) in [5.74, 6) is -2.12. The molecule has 0 aliphatic heterocycles. The predicted octanol–water partition coefficient (Wildman–Crippen LogP) is 4.76. The van der Waals surface area contributed by atoms with Crippen molar-refractivity contribution in [3.63, 3.8) is 0 Å². The first-order chi connectivity index (χ1) is 10.0. The summed E-state index contributed by atoms with van der Waals surface area (Å²) in [4.78, 5) is 0. The molecule has 0 heterocycles.